The molecule has 0 N–H and O–H groups in total. The average Bonchev–Trinajstić information content (AvgIpc) is 2.64. The molecule has 0 radical (unpaired) electrons. The summed E-state index contributed by atoms with van der Waals surface area (Å²) >= 11 is 5.67. The van der Waals surface area contributed by atoms with Gasteiger partial charge in [0.25, 0.3) is 0 Å². The van der Waals surface area contributed by atoms with Crippen LogP contribution in [0.15, 0.2) is 24.4 Å². The van der Waals surface area contributed by atoms with E-state index in [-0.39, 0.29) is 0 Å². The molecule has 0 unspecified atom stereocenters. The number of aryl methyl sites for hydroxylation is 3. The normalized spacial score (nSPS) is 10.8. The van der Waals surface area contributed by atoms with Gasteiger partial charge in [-0.05, 0) is 19.4 Å². The molecule has 1 aromatic heterocycles. The van der Waals surface area contributed by atoms with Gasteiger partial charge in [0, 0.05) is 18.5 Å². The molecule has 0 fully saturated rings. The molecule has 0 saturated heterocycles. The SMILES string of the molecule is Cc1cc(C)cc(Cn2cc(CCCl)nn2)c1. The summed E-state index contributed by atoms with van der Waals surface area (Å²) in [5, 5.41) is 8.17. The predicted molar refractivity (Wildman–Crippen MR) is 69.5 cm³/mol. The third-order valence-electron chi connectivity index (χ3n) is 2.56. The summed E-state index contributed by atoms with van der Waals surface area (Å²) < 4.78 is 1.86. The summed E-state index contributed by atoms with van der Waals surface area (Å²) in [6, 6.07) is 6.52. The van der Waals surface area contributed by atoms with Crippen LogP contribution in [-0.2, 0) is 13.0 Å². The molecule has 0 aliphatic rings. The molecule has 0 atom stereocenters. The Hall–Kier alpha value is -1.35. The summed E-state index contributed by atoms with van der Waals surface area (Å²) in [5.41, 5.74) is 4.76. The molecule has 3 nitrogen and oxygen atoms in total. The third-order valence-corrected chi connectivity index (χ3v) is 2.75. The van der Waals surface area contributed by atoms with Crippen LogP contribution in [0, 0.1) is 13.8 Å². The van der Waals surface area contributed by atoms with E-state index in [4.69, 9.17) is 11.6 Å². The van der Waals surface area contributed by atoms with Crippen molar-refractivity contribution in [3.05, 3.63) is 46.8 Å². The van der Waals surface area contributed by atoms with Crippen molar-refractivity contribution >= 4 is 11.6 Å². The Labute approximate surface area is 106 Å². The number of alkyl halides is 1. The summed E-state index contributed by atoms with van der Waals surface area (Å²) in [6.07, 6.45) is 2.73. The van der Waals surface area contributed by atoms with Crippen LogP contribution in [0.2, 0.25) is 0 Å². The highest BCUT2D eigenvalue weighted by atomic mass is 35.5. The van der Waals surface area contributed by atoms with Crippen LogP contribution < -0.4 is 0 Å². The number of hydrogen-bond acceptors (Lipinski definition) is 2. The standard InChI is InChI=1S/C13H16ClN3/c1-10-5-11(2)7-12(6-10)8-17-9-13(3-4-14)15-16-17/h5-7,9H,3-4,8H2,1-2H3. The van der Waals surface area contributed by atoms with Crippen molar-refractivity contribution in [2.45, 2.75) is 26.8 Å². The first kappa shape index (κ1) is 12.1. The zero-order valence-electron chi connectivity index (χ0n) is 10.2. The average molecular weight is 250 g/mol. The number of aromatic nitrogens is 3. The van der Waals surface area contributed by atoms with Crippen molar-refractivity contribution in [2.24, 2.45) is 0 Å². The van der Waals surface area contributed by atoms with Crippen molar-refractivity contribution < 1.29 is 0 Å². The molecule has 1 aromatic carbocycles. The van der Waals surface area contributed by atoms with Gasteiger partial charge >= 0.3 is 0 Å². The Morgan fingerprint density at radius 1 is 1.18 bits per heavy atom. The van der Waals surface area contributed by atoms with Crippen LogP contribution in [0.5, 0.6) is 0 Å². The Balaban J connectivity index is 2.13. The molecular weight excluding hydrogens is 234 g/mol. The lowest BCUT2D eigenvalue weighted by molar-refractivity contribution is 0.648. The van der Waals surface area contributed by atoms with Gasteiger partial charge in [-0.25, -0.2) is 4.68 Å². The number of rotatable bonds is 4. The summed E-state index contributed by atoms with van der Waals surface area (Å²) in [6.45, 7) is 4.98. The first-order valence-electron chi connectivity index (χ1n) is 5.69. The highest BCUT2D eigenvalue weighted by Crippen LogP contribution is 2.10. The van der Waals surface area contributed by atoms with Gasteiger partial charge in [0.2, 0.25) is 0 Å². The Morgan fingerprint density at radius 2 is 1.88 bits per heavy atom. The third kappa shape index (κ3) is 3.30. The molecule has 0 amide bonds. The van der Waals surface area contributed by atoms with Crippen molar-refractivity contribution in [1.82, 2.24) is 15.0 Å². The fourth-order valence-electron chi connectivity index (χ4n) is 1.97. The lowest BCUT2D eigenvalue weighted by atomic mass is 10.1. The molecule has 0 aliphatic heterocycles. The summed E-state index contributed by atoms with van der Waals surface area (Å²) in [7, 11) is 0. The van der Waals surface area contributed by atoms with Crippen molar-refractivity contribution in [3.8, 4) is 0 Å². The quantitative estimate of drug-likeness (QED) is 0.780. The van der Waals surface area contributed by atoms with Crippen LogP contribution in [0.25, 0.3) is 0 Å². The highest BCUT2D eigenvalue weighted by molar-refractivity contribution is 6.17. The fraction of sp³-hybridized carbons (Fsp3) is 0.385. The molecular formula is C13H16ClN3. The molecule has 90 valence electrons. The van der Waals surface area contributed by atoms with E-state index in [1.54, 1.807) is 0 Å². The topological polar surface area (TPSA) is 30.7 Å². The summed E-state index contributed by atoms with van der Waals surface area (Å²) in [5.74, 6) is 0.586. The second-order valence-electron chi connectivity index (χ2n) is 4.34. The van der Waals surface area contributed by atoms with Gasteiger partial charge in [0.15, 0.2) is 0 Å². The van der Waals surface area contributed by atoms with Gasteiger partial charge in [0.1, 0.15) is 0 Å². The molecule has 0 saturated carbocycles. The van der Waals surface area contributed by atoms with Crippen LogP contribution in [-0.4, -0.2) is 20.9 Å². The van der Waals surface area contributed by atoms with Gasteiger partial charge in [-0.2, -0.15) is 0 Å². The van der Waals surface area contributed by atoms with E-state index in [1.165, 1.54) is 16.7 Å². The summed E-state index contributed by atoms with van der Waals surface area (Å²) in [4.78, 5) is 0. The van der Waals surface area contributed by atoms with E-state index >= 15 is 0 Å². The van der Waals surface area contributed by atoms with Crippen LogP contribution in [0.1, 0.15) is 22.4 Å². The number of halogens is 1. The Morgan fingerprint density at radius 3 is 2.53 bits per heavy atom. The Kier molecular flexibility index (Phi) is 3.79. The van der Waals surface area contributed by atoms with Gasteiger partial charge in [0.05, 0.1) is 12.2 Å². The lowest BCUT2D eigenvalue weighted by Gasteiger charge is -2.04. The van der Waals surface area contributed by atoms with Crippen molar-refractivity contribution in [1.29, 1.82) is 0 Å². The number of benzene rings is 1. The van der Waals surface area contributed by atoms with Crippen LogP contribution in [0.4, 0.5) is 0 Å². The maximum atomic E-state index is 5.67. The zero-order chi connectivity index (χ0) is 12.3. The minimum atomic E-state index is 0.586. The Bertz CT molecular complexity index is 485. The van der Waals surface area contributed by atoms with E-state index in [0.29, 0.717) is 5.88 Å². The largest absolute Gasteiger partial charge is 0.248 e. The minimum Gasteiger partial charge on any atom is -0.248 e. The molecule has 0 aliphatic carbocycles. The number of nitrogens with zero attached hydrogens (tertiary/aromatic N) is 3. The first-order chi connectivity index (χ1) is 8.17. The zero-order valence-corrected chi connectivity index (χ0v) is 10.9. The lowest BCUT2D eigenvalue weighted by Crippen LogP contribution is -2.01. The van der Waals surface area contributed by atoms with E-state index in [9.17, 15) is 0 Å². The van der Waals surface area contributed by atoms with Gasteiger partial charge in [-0.3, -0.25) is 0 Å². The van der Waals surface area contributed by atoms with Gasteiger partial charge in [-0.1, -0.05) is 34.5 Å². The van der Waals surface area contributed by atoms with Crippen LogP contribution in [0.3, 0.4) is 0 Å². The second kappa shape index (κ2) is 5.32. The molecule has 1 heterocycles. The fourth-order valence-corrected chi connectivity index (χ4v) is 2.17. The maximum absolute atomic E-state index is 5.67. The molecule has 0 spiro atoms. The second-order valence-corrected chi connectivity index (χ2v) is 4.72. The predicted octanol–water partition coefficient (Wildman–Crippen LogP) is 2.72. The monoisotopic (exact) mass is 249 g/mol. The van der Waals surface area contributed by atoms with Gasteiger partial charge in [-0.15, -0.1) is 16.7 Å². The smallest absolute Gasteiger partial charge is 0.0839 e. The van der Waals surface area contributed by atoms with E-state index in [0.717, 1.165) is 18.7 Å². The molecule has 2 rings (SSSR count). The van der Waals surface area contributed by atoms with Crippen molar-refractivity contribution in [2.75, 3.05) is 5.88 Å². The highest BCUT2D eigenvalue weighted by Gasteiger charge is 2.02. The number of hydrogen-bond donors (Lipinski definition) is 0. The molecule has 4 heteroatoms. The van der Waals surface area contributed by atoms with E-state index in [2.05, 4.69) is 42.4 Å². The molecule has 2 aromatic rings. The van der Waals surface area contributed by atoms with Gasteiger partial charge < -0.3 is 0 Å². The molecule has 17 heavy (non-hydrogen) atoms. The van der Waals surface area contributed by atoms with Crippen LogP contribution >= 0.6 is 11.6 Å². The maximum Gasteiger partial charge on any atom is 0.0839 e. The minimum absolute atomic E-state index is 0.586. The molecule has 0 bridgehead atoms. The van der Waals surface area contributed by atoms with Crippen molar-refractivity contribution in [3.63, 3.8) is 0 Å². The van der Waals surface area contributed by atoms with E-state index in [1.807, 2.05) is 10.9 Å². The first-order valence-corrected chi connectivity index (χ1v) is 6.23. The van der Waals surface area contributed by atoms with E-state index < -0.39 is 0 Å².